The van der Waals surface area contributed by atoms with Crippen molar-refractivity contribution in [1.29, 1.82) is 0 Å². The van der Waals surface area contributed by atoms with Crippen molar-refractivity contribution in [2.75, 3.05) is 6.54 Å². The summed E-state index contributed by atoms with van der Waals surface area (Å²) in [6.07, 6.45) is 5.89. The Morgan fingerprint density at radius 1 is 1.44 bits per heavy atom. The molecule has 3 N–H and O–H groups in total. The molecule has 0 aromatic heterocycles. The maximum Gasteiger partial charge on any atom is 0.332 e. The number of carboxylic acids is 1. The van der Waals surface area contributed by atoms with E-state index in [1.807, 2.05) is 6.92 Å². The molecule has 94 valence electrons. The predicted molar refractivity (Wildman–Crippen MR) is 62.3 cm³/mol. The number of rotatable bonds is 6. The first-order valence-corrected chi connectivity index (χ1v) is 6.24. The minimum absolute atomic E-state index is 0.378. The zero-order valence-electron chi connectivity index (χ0n) is 10.1. The molecule has 0 bridgehead atoms. The minimum Gasteiger partial charge on any atom is -0.479 e. The van der Waals surface area contributed by atoms with Crippen LogP contribution >= 0.6 is 0 Å². The topological polar surface area (TPSA) is 72.5 Å². The van der Waals surface area contributed by atoms with Gasteiger partial charge in [-0.15, -0.1) is 0 Å². The van der Waals surface area contributed by atoms with Crippen LogP contribution in [0.4, 0.5) is 0 Å². The van der Waals surface area contributed by atoms with Gasteiger partial charge in [-0.2, -0.15) is 0 Å². The van der Waals surface area contributed by atoms with Crippen LogP contribution in [0.2, 0.25) is 0 Å². The molecule has 0 amide bonds. The Balaban J connectivity index is 2.61. The first kappa shape index (κ1) is 13.5. The van der Waals surface area contributed by atoms with E-state index in [1.54, 1.807) is 0 Å². The Morgan fingerprint density at radius 3 is 2.50 bits per heavy atom. The van der Waals surface area contributed by atoms with Crippen molar-refractivity contribution in [2.45, 2.75) is 63.6 Å². The maximum atomic E-state index is 11.1. The lowest BCUT2D eigenvalue weighted by Crippen LogP contribution is -2.47. The number of ether oxygens (including phenoxy) is 1. The van der Waals surface area contributed by atoms with Gasteiger partial charge in [-0.25, -0.2) is 4.79 Å². The fourth-order valence-electron chi connectivity index (χ4n) is 2.36. The van der Waals surface area contributed by atoms with Gasteiger partial charge in [0.15, 0.2) is 6.10 Å². The monoisotopic (exact) mass is 229 g/mol. The molecule has 0 radical (unpaired) electrons. The van der Waals surface area contributed by atoms with Crippen LogP contribution in [0.25, 0.3) is 0 Å². The molecule has 1 atom stereocenters. The molecular formula is C12H23NO3. The highest BCUT2D eigenvalue weighted by atomic mass is 16.5. The van der Waals surface area contributed by atoms with Crippen LogP contribution in [0.15, 0.2) is 0 Å². The van der Waals surface area contributed by atoms with Crippen LogP contribution in [-0.2, 0) is 9.53 Å². The summed E-state index contributed by atoms with van der Waals surface area (Å²) in [4.78, 5) is 11.1. The molecule has 1 saturated carbocycles. The Kier molecular flexibility index (Phi) is 5.22. The fraction of sp³-hybridized carbons (Fsp3) is 0.917. The van der Waals surface area contributed by atoms with Crippen LogP contribution in [-0.4, -0.2) is 29.3 Å². The first-order chi connectivity index (χ1) is 7.63. The first-order valence-electron chi connectivity index (χ1n) is 6.24. The molecule has 0 saturated heterocycles. The van der Waals surface area contributed by atoms with Gasteiger partial charge in [-0.1, -0.05) is 32.6 Å². The van der Waals surface area contributed by atoms with Crippen LogP contribution < -0.4 is 5.73 Å². The van der Waals surface area contributed by atoms with E-state index in [0.717, 1.165) is 32.1 Å². The van der Waals surface area contributed by atoms with Crippen molar-refractivity contribution >= 4 is 5.97 Å². The van der Waals surface area contributed by atoms with Crippen LogP contribution in [0.1, 0.15) is 51.9 Å². The second kappa shape index (κ2) is 6.21. The second-order valence-corrected chi connectivity index (χ2v) is 4.68. The van der Waals surface area contributed by atoms with E-state index in [4.69, 9.17) is 15.6 Å². The summed E-state index contributed by atoms with van der Waals surface area (Å²) in [5.41, 5.74) is 5.39. The Morgan fingerprint density at radius 2 is 2.06 bits per heavy atom. The summed E-state index contributed by atoms with van der Waals surface area (Å²) in [7, 11) is 0. The minimum atomic E-state index is -0.861. The quantitative estimate of drug-likeness (QED) is 0.729. The van der Waals surface area contributed by atoms with Crippen molar-refractivity contribution in [3.8, 4) is 0 Å². The van der Waals surface area contributed by atoms with Crippen molar-refractivity contribution < 1.29 is 14.6 Å². The molecule has 0 aromatic carbocycles. The van der Waals surface area contributed by atoms with E-state index < -0.39 is 12.1 Å². The summed E-state index contributed by atoms with van der Waals surface area (Å²) in [6.45, 7) is 2.40. The Labute approximate surface area is 97.2 Å². The van der Waals surface area contributed by atoms with Crippen molar-refractivity contribution in [2.24, 2.45) is 5.73 Å². The average Bonchev–Trinajstić information content (AvgIpc) is 2.29. The van der Waals surface area contributed by atoms with E-state index in [-0.39, 0.29) is 5.60 Å². The highest BCUT2D eigenvalue weighted by molar-refractivity contribution is 5.72. The smallest absolute Gasteiger partial charge is 0.332 e. The van der Waals surface area contributed by atoms with Gasteiger partial charge in [0.25, 0.3) is 0 Å². The highest BCUT2D eigenvalue weighted by Crippen LogP contribution is 2.32. The van der Waals surface area contributed by atoms with Gasteiger partial charge in [0.05, 0.1) is 5.60 Å². The Hall–Kier alpha value is -0.610. The summed E-state index contributed by atoms with van der Waals surface area (Å²) in [5.74, 6) is -0.861. The molecule has 0 aliphatic heterocycles. The lowest BCUT2D eigenvalue weighted by atomic mass is 9.84. The molecule has 0 aromatic rings. The number of carbonyl (C=O) groups is 1. The SMILES string of the molecule is CCCC(OC1(CN)CCCCC1)C(=O)O. The maximum absolute atomic E-state index is 11.1. The Bertz CT molecular complexity index is 224. The molecule has 4 nitrogen and oxygen atoms in total. The van der Waals surface area contributed by atoms with Gasteiger partial charge in [0, 0.05) is 6.54 Å². The van der Waals surface area contributed by atoms with Gasteiger partial charge in [0.2, 0.25) is 0 Å². The van der Waals surface area contributed by atoms with E-state index in [1.165, 1.54) is 6.42 Å². The van der Waals surface area contributed by atoms with E-state index in [9.17, 15) is 4.79 Å². The predicted octanol–water partition coefficient (Wildman–Crippen LogP) is 1.92. The molecule has 1 unspecified atom stereocenters. The third kappa shape index (κ3) is 3.46. The molecule has 0 spiro atoms. The van der Waals surface area contributed by atoms with Gasteiger partial charge >= 0.3 is 5.97 Å². The van der Waals surface area contributed by atoms with Crippen LogP contribution in [0.5, 0.6) is 0 Å². The standard InChI is InChI=1S/C12H23NO3/c1-2-6-10(11(14)15)16-12(9-13)7-4-3-5-8-12/h10H,2-9,13H2,1H3,(H,14,15). The second-order valence-electron chi connectivity index (χ2n) is 4.68. The third-order valence-electron chi connectivity index (χ3n) is 3.36. The number of carboxylic acid groups (broad SMARTS) is 1. The zero-order chi connectivity index (χ0) is 12.0. The number of hydrogen-bond acceptors (Lipinski definition) is 3. The molecule has 1 aliphatic rings. The summed E-state index contributed by atoms with van der Waals surface area (Å²) < 4.78 is 5.81. The lowest BCUT2D eigenvalue weighted by molar-refractivity contribution is -0.168. The molecule has 4 heteroatoms. The van der Waals surface area contributed by atoms with E-state index in [0.29, 0.717) is 13.0 Å². The molecule has 1 fully saturated rings. The largest absolute Gasteiger partial charge is 0.479 e. The summed E-state index contributed by atoms with van der Waals surface area (Å²) >= 11 is 0. The van der Waals surface area contributed by atoms with Gasteiger partial charge in [-0.3, -0.25) is 0 Å². The van der Waals surface area contributed by atoms with Crippen molar-refractivity contribution in [1.82, 2.24) is 0 Å². The molecule has 0 heterocycles. The highest BCUT2D eigenvalue weighted by Gasteiger charge is 2.36. The number of nitrogens with two attached hydrogens (primary N) is 1. The van der Waals surface area contributed by atoms with Crippen molar-refractivity contribution in [3.05, 3.63) is 0 Å². The normalized spacial score (nSPS) is 21.6. The van der Waals surface area contributed by atoms with Gasteiger partial charge in [-0.05, 0) is 19.3 Å². The lowest BCUT2D eigenvalue weighted by Gasteiger charge is -2.38. The summed E-state index contributed by atoms with van der Waals surface area (Å²) in [5, 5.41) is 9.08. The van der Waals surface area contributed by atoms with E-state index in [2.05, 4.69) is 0 Å². The van der Waals surface area contributed by atoms with Crippen LogP contribution in [0.3, 0.4) is 0 Å². The zero-order valence-corrected chi connectivity index (χ0v) is 10.1. The average molecular weight is 229 g/mol. The van der Waals surface area contributed by atoms with Gasteiger partial charge < -0.3 is 15.6 Å². The molecule has 1 rings (SSSR count). The summed E-state index contributed by atoms with van der Waals surface area (Å²) in [6, 6.07) is 0. The van der Waals surface area contributed by atoms with Crippen molar-refractivity contribution in [3.63, 3.8) is 0 Å². The molecular weight excluding hydrogens is 206 g/mol. The molecule has 1 aliphatic carbocycles. The van der Waals surface area contributed by atoms with Gasteiger partial charge in [0.1, 0.15) is 0 Å². The van der Waals surface area contributed by atoms with Crippen LogP contribution in [0, 0.1) is 0 Å². The fourth-order valence-corrected chi connectivity index (χ4v) is 2.36. The number of aliphatic carboxylic acids is 1. The molecule has 16 heavy (non-hydrogen) atoms. The number of hydrogen-bond donors (Lipinski definition) is 2. The third-order valence-corrected chi connectivity index (χ3v) is 3.36. The van der Waals surface area contributed by atoms with E-state index >= 15 is 0 Å².